The second-order valence-corrected chi connectivity index (χ2v) is 12.6. The van der Waals surface area contributed by atoms with Crippen LogP contribution in [-0.2, 0) is 27.3 Å². The lowest BCUT2D eigenvalue weighted by Crippen LogP contribution is -2.47. The summed E-state index contributed by atoms with van der Waals surface area (Å²) in [5.74, 6) is -3.45. The van der Waals surface area contributed by atoms with E-state index in [2.05, 4.69) is 5.32 Å². The molecule has 4 rings (SSSR count). The predicted octanol–water partition coefficient (Wildman–Crippen LogP) is 4.89. The van der Waals surface area contributed by atoms with Crippen molar-refractivity contribution in [3.05, 3.63) is 34.9 Å². The van der Waals surface area contributed by atoms with Crippen LogP contribution in [0, 0.1) is 5.92 Å². The highest BCUT2D eigenvalue weighted by Gasteiger charge is 2.38. The molecule has 0 aromatic heterocycles. The number of ether oxygens (including phenoxy) is 1. The number of primary amides is 1. The molecule has 2 amide bonds. The molecule has 3 atom stereocenters. The van der Waals surface area contributed by atoms with Crippen molar-refractivity contribution >= 4 is 17.8 Å². The Kier molecular flexibility index (Phi) is 8.98. The summed E-state index contributed by atoms with van der Waals surface area (Å²) in [6.07, 6.45) is 6.32. The van der Waals surface area contributed by atoms with Crippen LogP contribution in [0.5, 0.6) is 0 Å². The molecule has 216 valence electrons. The molecule has 0 saturated heterocycles. The van der Waals surface area contributed by atoms with Crippen LogP contribution < -0.4 is 11.1 Å². The molecular formula is C30H43F2N3O4. The molecule has 3 aliphatic rings. The largest absolute Gasteiger partial charge is 0.460 e. The number of nitrogens with two attached hydrogens (primary N) is 1. The van der Waals surface area contributed by atoms with E-state index in [0.29, 0.717) is 30.4 Å². The molecule has 1 aromatic rings. The maximum atomic E-state index is 13.6. The number of hydrogen-bond acceptors (Lipinski definition) is 5. The zero-order valence-electron chi connectivity index (χ0n) is 23.4. The maximum Gasteiger partial charge on any atom is 0.306 e. The van der Waals surface area contributed by atoms with E-state index in [0.717, 1.165) is 43.2 Å². The Morgan fingerprint density at radius 1 is 1.15 bits per heavy atom. The number of carbonyl (C=O) groups is 3. The van der Waals surface area contributed by atoms with Gasteiger partial charge in [0.25, 0.3) is 5.91 Å². The molecule has 1 aliphatic heterocycles. The van der Waals surface area contributed by atoms with Crippen LogP contribution in [0.1, 0.15) is 106 Å². The third-order valence-electron chi connectivity index (χ3n) is 8.32. The lowest BCUT2D eigenvalue weighted by Gasteiger charge is -2.38. The summed E-state index contributed by atoms with van der Waals surface area (Å²) in [7, 11) is 0. The lowest BCUT2D eigenvalue weighted by molar-refractivity contribution is -0.155. The highest BCUT2D eigenvalue weighted by Crippen LogP contribution is 2.35. The number of alkyl halides is 2. The van der Waals surface area contributed by atoms with E-state index >= 15 is 0 Å². The standard InChI is InChI=1S/C30H43F2N3O4/c1-29(2,3)39-26(36)11-10-25(27(33)37)35-18-21-17-19(8-9-23(21)28(35)38)16-20-6-4-5-7-24(20)34-22-12-14-30(31,32)15-13-22/h8-9,17,20,22,24-25,34H,4-7,10-16,18H2,1-3H3,(H2,33,37)/t20-,24+,25+/m1/s1. The van der Waals surface area contributed by atoms with Crippen molar-refractivity contribution in [2.75, 3.05) is 0 Å². The normalized spacial score (nSPS) is 24.3. The Hall–Kier alpha value is -2.55. The van der Waals surface area contributed by atoms with Gasteiger partial charge in [-0.05, 0) is 82.4 Å². The van der Waals surface area contributed by atoms with Gasteiger partial charge in [0.2, 0.25) is 11.8 Å². The van der Waals surface area contributed by atoms with Gasteiger partial charge in [0.15, 0.2) is 0 Å². The zero-order valence-corrected chi connectivity index (χ0v) is 23.4. The van der Waals surface area contributed by atoms with Crippen molar-refractivity contribution in [3.63, 3.8) is 0 Å². The maximum absolute atomic E-state index is 13.6. The molecule has 1 aromatic carbocycles. The summed E-state index contributed by atoms with van der Waals surface area (Å²) in [6.45, 7) is 5.60. The van der Waals surface area contributed by atoms with Crippen molar-refractivity contribution in [3.8, 4) is 0 Å². The molecule has 2 saturated carbocycles. The molecule has 0 radical (unpaired) electrons. The van der Waals surface area contributed by atoms with Gasteiger partial charge in [-0.15, -0.1) is 0 Å². The van der Waals surface area contributed by atoms with Crippen LogP contribution in [0.2, 0.25) is 0 Å². The van der Waals surface area contributed by atoms with E-state index in [-0.39, 0.29) is 44.2 Å². The van der Waals surface area contributed by atoms with Gasteiger partial charge in [-0.2, -0.15) is 0 Å². The number of rotatable bonds is 9. The van der Waals surface area contributed by atoms with Crippen molar-refractivity contribution < 1.29 is 27.9 Å². The van der Waals surface area contributed by atoms with Gasteiger partial charge in [-0.3, -0.25) is 14.4 Å². The minimum Gasteiger partial charge on any atom is -0.460 e. The molecule has 3 N–H and O–H groups in total. The number of hydrogen-bond donors (Lipinski definition) is 2. The highest BCUT2D eigenvalue weighted by atomic mass is 19.3. The average Bonchev–Trinajstić information content (AvgIpc) is 3.16. The van der Waals surface area contributed by atoms with E-state index in [9.17, 15) is 23.2 Å². The van der Waals surface area contributed by atoms with Gasteiger partial charge in [0.05, 0.1) is 0 Å². The van der Waals surface area contributed by atoms with Crippen molar-refractivity contribution in [1.82, 2.24) is 10.2 Å². The summed E-state index contributed by atoms with van der Waals surface area (Å²) in [5, 5.41) is 3.71. The molecule has 39 heavy (non-hydrogen) atoms. The fraction of sp³-hybridized carbons (Fsp3) is 0.700. The molecule has 0 spiro atoms. The fourth-order valence-electron chi connectivity index (χ4n) is 6.36. The van der Waals surface area contributed by atoms with Crippen LogP contribution in [-0.4, -0.2) is 52.3 Å². The molecule has 7 nitrogen and oxygen atoms in total. The average molecular weight is 548 g/mol. The molecule has 0 bridgehead atoms. The Labute approximate surface area is 230 Å². The van der Waals surface area contributed by atoms with E-state index in [1.54, 1.807) is 20.8 Å². The highest BCUT2D eigenvalue weighted by molar-refractivity contribution is 6.01. The SMILES string of the molecule is CC(C)(C)OC(=O)CC[C@@H](C(N)=O)N1Cc2cc(C[C@H]3CCCC[C@@H]3NC3CCC(F)(F)CC3)ccc2C1=O. The van der Waals surface area contributed by atoms with Crippen molar-refractivity contribution in [1.29, 1.82) is 0 Å². The second kappa shape index (κ2) is 11.9. The van der Waals surface area contributed by atoms with Crippen LogP contribution >= 0.6 is 0 Å². The van der Waals surface area contributed by atoms with Crippen molar-refractivity contribution in [2.45, 2.75) is 128 Å². The van der Waals surface area contributed by atoms with Gasteiger partial charge in [0.1, 0.15) is 11.6 Å². The molecular weight excluding hydrogens is 504 g/mol. The second-order valence-electron chi connectivity index (χ2n) is 12.6. The number of amides is 2. The van der Waals surface area contributed by atoms with E-state index in [1.165, 1.54) is 4.90 Å². The quantitative estimate of drug-likeness (QED) is 0.429. The summed E-state index contributed by atoms with van der Waals surface area (Å²) in [6, 6.07) is 5.41. The number of nitrogens with one attached hydrogen (secondary N) is 1. The first-order valence-electron chi connectivity index (χ1n) is 14.4. The van der Waals surface area contributed by atoms with Crippen LogP contribution in [0.4, 0.5) is 8.78 Å². The smallest absolute Gasteiger partial charge is 0.306 e. The number of fused-ring (bicyclic) bond motifs is 1. The molecule has 9 heteroatoms. The Balaban J connectivity index is 1.39. The van der Waals surface area contributed by atoms with Crippen molar-refractivity contribution in [2.24, 2.45) is 11.7 Å². The van der Waals surface area contributed by atoms with Gasteiger partial charge in [-0.25, -0.2) is 8.78 Å². The summed E-state index contributed by atoms with van der Waals surface area (Å²) >= 11 is 0. The van der Waals surface area contributed by atoms with Gasteiger partial charge in [-0.1, -0.05) is 25.0 Å². The molecule has 0 unspecified atom stereocenters. The lowest BCUT2D eigenvalue weighted by atomic mass is 9.79. The van der Waals surface area contributed by atoms with E-state index in [4.69, 9.17) is 10.5 Å². The first-order valence-corrected chi connectivity index (χ1v) is 14.4. The fourth-order valence-corrected chi connectivity index (χ4v) is 6.36. The number of halogens is 2. The summed E-state index contributed by atoms with van der Waals surface area (Å²) < 4.78 is 32.6. The monoisotopic (exact) mass is 547 g/mol. The molecule has 2 aliphatic carbocycles. The summed E-state index contributed by atoms with van der Waals surface area (Å²) in [4.78, 5) is 39.1. The Morgan fingerprint density at radius 2 is 1.85 bits per heavy atom. The Morgan fingerprint density at radius 3 is 2.51 bits per heavy atom. The number of nitrogens with zero attached hydrogens (tertiary/aromatic N) is 1. The molecule has 1 heterocycles. The Bertz CT molecular complexity index is 1060. The first kappa shape index (κ1) is 29.4. The van der Waals surface area contributed by atoms with Crippen LogP contribution in [0.3, 0.4) is 0 Å². The molecule has 2 fully saturated rings. The third kappa shape index (κ3) is 7.77. The zero-order chi connectivity index (χ0) is 28.4. The summed E-state index contributed by atoms with van der Waals surface area (Å²) in [5.41, 5.74) is 7.57. The minimum absolute atomic E-state index is 0.00897. The number of carbonyl (C=O) groups excluding carboxylic acids is 3. The van der Waals surface area contributed by atoms with Crippen LogP contribution in [0.15, 0.2) is 18.2 Å². The predicted molar refractivity (Wildman–Crippen MR) is 144 cm³/mol. The van der Waals surface area contributed by atoms with Gasteiger partial charge < -0.3 is 20.7 Å². The van der Waals surface area contributed by atoms with Crippen LogP contribution in [0.25, 0.3) is 0 Å². The topological polar surface area (TPSA) is 102 Å². The van der Waals surface area contributed by atoms with E-state index < -0.39 is 29.4 Å². The van der Waals surface area contributed by atoms with E-state index in [1.807, 2.05) is 18.2 Å². The first-order chi connectivity index (χ1) is 18.3. The minimum atomic E-state index is -2.52. The third-order valence-corrected chi connectivity index (χ3v) is 8.32. The number of esters is 1. The van der Waals surface area contributed by atoms with Gasteiger partial charge in [0, 0.05) is 43.5 Å². The van der Waals surface area contributed by atoms with Gasteiger partial charge >= 0.3 is 5.97 Å². The number of benzene rings is 1.